The van der Waals surface area contributed by atoms with E-state index in [-0.39, 0.29) is 12.5 Å². The minimum absolute atomic E-state index is 0.0263. The molecule has 2 fully saturated rings. The fourth-order valence-electron chi connectivity index (χ4n) is 4.98. The third kappa shape index (κ3) is 5.03. The number of hydrogen-bond donors (Lipinski definition) is 3. The first-order chi connectivity index (χ1) is 17.5. The predicted molar refractivity (Wildman–Crippen MR) is 145 cm³/mol. The Balaban J connectivity index is 1.35. The molecule has 192 valence electrons. The van der Waals surface area contributed by atoms with Gasteiger partial charge in [0.05, 0.1) is 28.9 Å². The molecule has 0 bridgehead atoms. The molecule has 3 N–H and O–H groups in total. The fraction of sp³-hybridized carbons (Fsp3) is 0.583. The lowest BCUT2D eigenvalue weighted by Crippen LogP contribution is -2.54. The van der Waals surface area contributed by atoms with Crippen LogP contribution in [0, 0.1) is 17.2 Å². The minimum atomic E-state index is -0.0263. The zero-order valence-corrected chi connectivity index (χ0v) is 22.5. The van der Waals surface area contributed by atoms with E-state index in [1.807, 2.05) is 24.4 Å². The highest BCUT2D eigenvalue weighted by atomic mass is 32.2. The van der Waals surface area contributed by atoms with Crippen molar-refractivity contribution in [3.05, 3.63) is 23.3 Å². The number of H-pyrrole nitrogens is 1. The molecule has 3 aromatic rings. The average Bonchev–Trinajstić information content (AvgIpc) is 3.54. The molecule has 2 unspecified atom stereocenters. The molecule has 5 rings (SSSR count). The molecule has 36 heavy (non-hydrogen) atoms. The topological polar surface area (TPSA) is 120 Å². The van der Waals surface area contributed by atoms with Gasteiger partial charge in [0, 0.05) is 62.8 Å². The Kier molecular flexibility index (Phi) is 7.64. The molecule has 0 amide bonds. The smallest absolute Gasteiger partial charge is 0.229 e. The van der Waals surface area contributed by atoms with Crippen molar-refractivity contribution in [1.82, 2.24) is 28.5 Å². The molecule has 0 aromatic carbocycles. The standard InChI is InChI=1S/C24H33N9OS2/c1-4-16-8-18(9-17(5-2)33(16)36-32-12-15(10-25)13-32)31(3)23-28-21-20(6-7-26-21)22(29-23)30-24-27-11-19(14-34)35-24/h6-7,11,15-18,34H,4-5,8-9,12-14H2,1-3H3,(H2,26,27,28,29,30). The lowest BCUT2D eigenvalue weighted by molar-refractivity contribution is 0.153. The Hall–Kier alpha value is -2.43. The van der Waals surface area contributed by atoms with Crippen LogP contribution in [0.2, 0.25) is 0 Å². The number of anilines is 3. The van der Waals surface area contributed by atoms with Gasteiger partial charge in [-0.25, -0.2) is 13.6 Å². The van der Waals surface area contributed by atoms with E-state index in [1.165, 1.54) is 11.3 Å². The van der Waals surface area contributed by atoms with Crippen molar-refractivity contribution in [2.24, 2.45) is 5.92 Å². The van der Waals surface area contributed by atoms with Crippen molar-refractivity contribution in [1.29, 1.82) is 5.26 Å². The number of aliphatic hydroxyl groups excluding tert-OH is 1. The van der Waals surface area contributed by atoms with E-state index in [2.05, 4.69) is 55.8 Å². The summed E-state index contributed by atoms with van der Waals surface area (Å²) < 4.78 is 4.91. The summed E-state index contributed by atoms with van der Waals surface area (Å²) in [6.45, 7) is 6.21. The van der Waals surface area contributed by atoms with E-state index in [1.54, 1.807) is 6.20 Å². The van der Waals surface area contributed by atoms with Gasteiger partial charge in [0.2, 0.25) is 5.95 Å². The van der Waals surface area contributed by atoms with Gasteiger partial charge < -0.3 is 20.3 Å². The van der Waals surface area contributed by atoms with Gasteiger partial charge in [-0.2, -0.15) is 15.2 Å². The number of nitriles is 1. The summed E-state index contributed by atoms with van der Waals surface area (Å²) in [5.74, 6) is 1.56. The zero-order chi connectivity index (χ0) is 25.2. The van der Waals surface area contributed by atoms with Crippen molar-refractivity contribution in [3.8, 4) is 6.07 Å². The molecule has 10 nitrogen and oxygen atoms in total. The van der Waals surface area contributed by atoms with Crippen molar-refractivity contribution in [2.45, 2.75) is 64.3 Å². The molecule has 0 radical (unpaired) electrons. The van der Waals surface area contributed by atoms with E-state index in [0.717, 1.165) is 54.7 Å². The van der Waals surface area contributed by atoms with Crippen LogP contribution in [0.4, 0.5) is 16.9 Å². The first kappa shape index (κ1) is 25.2. The van der Waals surface area contributed by atoms with Gasteiger partial charge in [-0.15, -0.1) is 0 Å². The first-order valence-electron chi connectivity index (χ1n) is 12.5. The maximum atomic E-state index is 9.39. The zero-order valence-electron chi connectivity index (χ0n) is 20.9. The third-order valence-corrected chi connectivity index (χ3v) is 9.40. The summed E-state index contributed by atoms with van der Waals surface area (Å²) >= 11 is 3.25. The average molecular weight is 528 g/mol. The molecular formula is C24H33N9OS2. The molecule has 5 heterocycles. The highest BCUT2D eigenvalue weighted by Crippen LogP contribution is 2.39. The van der Waals surface area contributed by atoms with Crippen LogP contribution in [0.25, 0.3) is 11.0 Å². The maximum Gasteiger partial charge on any atom is 0.229 e. The molecule has 2 atom stereocenters. The van der Waals surface area contributed by atoms with Gasteiger partial charge in [0.25, 0.3) is 0 Å². The lowest BCUT2D eigenvalue weighted by Gasteiger charge is -2.49. The summed E-state index contributed by atoms with van der Waals surface area (Å²) in [5.41, 5.74) is 0.783. The number of aliphatic hydroxyl groups is 1. The number of aromatic nitrogens is 4. The SMILES string of the molecule is CCC1CC(N(C)c2nc(Nc3ncc(CO)s3)c3cc[nH]c3n2)CC(CC)N1SN1CC(C#N)C1. The number of nitrogens with one attached hydrogen (secondary N) is 2. The Bertz CT molecular complexity index is 1200. The normalized spacial score (nSPS) is 23.5. The monoisotopic (exact) mass is 527 g/mol. The van der Waals surface area contributed by atoms with Crippen molar-refractivity contribution in [2.75, 3.05) is 30.4 Å². The van der Waals surface area contributed by atoms with Crippen LogP contribution in [0.15, 0.2) is 18.5 Å². The maximum absolute atomic E-state index is 9.39. The van der Waals surface area contributed by atoms with Crippen LogP contribution >= 0.6 is 23.5 Å². The Morgan fingerprint density at radius 3 is 2.67 bits per heavy atom. The van der Waals surface area contributed by atoms with Gasteiger partial charge in [-0.3, -0.25) is 0 Å². The molecular weight excluding hydrogens is 494 g/mol. The highest BCUT2D eigenvalue weighted by Gasteiger charge is 2.40. The van der Waals surface area contributed by atoms with Gasteiger partial charge >= 0.3 is 0 Å². The van der Waals surface area contributed by atoms with Crippen molar-refractivity contribution < 1.29 is 5.11 Å². The molecule has 2 aliphatic rings. The first-order valence-corrected chi connectivity index (χ1v) is 14.1. The van der Waals surface area contributed by atoms with E-state index in [4.69, 9.17) is 15.2 Å². The second-order valence-corrected chi connectivity index (χ2v) is 11.7. The summed E-state index contributed by atoms with van der Waals surface area (Å²) in [6, 6.07) is 5.55. The molecule has 0 spiro atoms. The second kappa shape index (κ2) is 10.9. The number of aromatic amines is 1. The van der Waals surface area contributed by atoms with Gasteiger partial charge in [-0.05, 0) is 31.7 Å². The van der Waals surface area contributed by atoms with Crippen LogP contribution in [-0.2, 0) is 6.61 Å². The Labute approximate surface area is 220 Å². The predicted octanol–water partition coefficient (Wildman–Crippen LogP) is 4.13. The Morgan fingerprint density at radius 1 is 1.28 bits per heavy atom. The number of hydrogen-bond acceptors (Lipinski definition) is 11. The number of piperidine rings is 1. The van der Waals surface area contributed by atoms with E-state index in [0.29, 0.717) is 35.0 Å². The second-order valence-electron chi connectivity index (χ2n) is 9.50. The van der Waals surface area contributed by atoms with E-state index < -0.39 is 0 Å². The van der Waals surface area contributed by atoms with Crippen LogP contribution in [0.1, 0.15) is 44.4 Å². The Morgan fingerprint density at radius 2 is 2.03 bits per heavy atom. The van der Waals surface area contributed by atoms with Crippen LogP contribution in [0.3, 0.4) is 0 Å². The third-order valence-electron chi connectivity index (χ3n) is 7.19. The minimum Gasteiger partial charge on any atom is -0.391 e. The van der Waals surface area contributed by atoms with Gasteiger partial charge in [0.1, 0.15) is 11.5 Å². The van der Waals surface area contributed by atoms with Crippen molar-refractivity contribution in [3.63, 3.8) is 0 Å². The van der Waals surface area contributed by atoms with E-state index >= 15 is 0 Å². The molecule has 12 heteroatoms. The molecule has 3 aromatic heterocycles. The number of thiazole rings is 1. The van der Waals surface area contributed by atoms with Gasteiger partial charge in [0.15, 0.2) is 5.13 Å². The number of rotatable bonds is 9. The largest absolute Gasteiger partial charge is 0.391 e. The highest BCUT2D eigenvalue weighted by molar-refractivity contribution is 7.94. The summed E-state index contributed by atoms with van der Waals surface area (Å²) in [7, 11) is 2.10. The molecule has 2 aliphatic heterocycles. The van der Waals surface area contributed by atoms with Crippen LogP contribution < -0.4 is 10.2 Å². The number of nitrogens with zero attached hydrogens (tertiary/aromatic N) is 7. The van der Waals surface area contributed by atoms with Crippen LogP contribution in [-0.4, -0.2) is 71.9 Å². The number of fused-ring (bicyclic) bond motifs is 1. The fourth-order valence-corrected chi connectivity index (χ4v) is 7.15. The quantitative estimate of drug-likeness (QED) is 0.350. The van der Waals surface area contributed by atoms with E-state index in [9.17, 15) is 5.11 Å². The molecule has 0 saturated carbocycles. The summed E-state index contributed by atoms with van der Waals surface area (Å²) in [5, 5.41) is 23.5. The summed E-state index contributed by atoms with van der Waals surface area (Å²) in [4.78, 5) is 20.4. The lowest BCUT2D eigenvalue weighted by atomic mass is 9.90. The molecule has 2 saturated heterocycles. The molecule has 0 aliphatic carbocycles. The summed E-state index contributed by atoms with van der Waals surface area (Å²) in [6.07, 6.45) is 7.77. The van der Waals surface area contributed by atoms with Gasteiger partial charge in [-0.1, -0.05) is 25.2 Å². The van der Waals surface area contributed by atoms with Crippen LogP contribution in [0.5, 0.6) is 0 Å². The van der Waals surface area contributed by atoms with Crippen molar-refractivity contribution >= 4 is 51.4 Å².